The van der Waals surface area contributed by atoms with Crippen molar-refractivity contribution >= 4 is 22.6 Å². The monoisotopic (exact) mass is 517 g/mol. The Labute approximate surface area is 201 Å². The van der Waals surface area contributed by atoms with Crippen molar-refractivity contribution in [2.24, 2.45) is 0 Å². The minimum Gasteiger partial charge on any atom is -0.481 e. The molecule has 3 rings (SSSR count). The number of ether oxygens (including phenoxy) is 2. The summed E-state index contributed by atoms with van der Waals surface area (Å²) in [5, 5.41) is 6.86. The Morgan fingerprint density at radius 2 is 1.92 bits per heavy atom. The lowest BCUT2D eigenvalue weighted by molar-refractivity contribution is -0.166. The fourth-order valence-electron chi connectivity index (χ4n) is 3.34. The Morgan fingerprint density at radius 3 is 2.50 bits per heavy atom. The second-order valence-corrected chi connectivity index (χ2v) is 8.22. The maximum absolute atomic E-state index is 13.5. The number of pyridine rings is 1. The quantitative estimate of drug-likeness (QED) is 0.431. The molecule has 0 radical (unpaired) electrons. The highest BCUT2D eigenvalue weighted by Gasteiger charge is 2.39. The average molecular weight is 517 g/mol. The smallest absolute Gasteiger partial charge is 0.410 e. The Kier molecular flexibility index (Phi) is 7.67. The molecular weight excluding hydrogens is 493 g/mol. The van der Waals surface area contributed by atoms with Crippen LogP contribution in [0, 0.1) is 0 Å². The zero-order chi connectivity index (χ0) is 26.8. The van der Waals surface area contributed by atoms with Crippen LogP contribution in [0.2, 0.25) is 0 Å². The van der Waals surface area contributed by atoms with Crippen LogP contribution in [0.5, 0.6) is 5.75 Å². The Hall–Kier alpha value is -3.55. The first-order chi connectivity index (χ1) is 16.7. The number of fused-ring (bicyclic) bond motifs is 1. The summed E-state index contributed by atoms with van der Waals surface area (Å²) in [5.41, 5.74) is -0.661. The standard InChI is InChI=1S/C22H24F5N5O4/c1-12(22(25,26)27)32-20(34)18(36-11-21(3,23)24)8-16(30-32)15-10-31(5-6-35-4)17-9-28-19(7-14(15)17)29-13(2)33/h7-10,12H,5-6,11H2,1-4H3,(H,28,29,33)/t12-/m0/s1. The number of hydrogen-bond acceptors (Lipinski definition) is 6. The largest absolute Gasteiger partial charge is 0.481 e. The van der Waals surface area contributed by atoms with E-state index in [-0.39, 0.29) is 28.4 Å². The van der Waals surface area contributed by atoms with Crippen molar-refractivity contribution in [1.82, 2.24) is 19.3 Å². The maximum Gasteiger partial charge on any atom is 0.410 e. The summed E-state index contributed by atoms with van der Waals surface area (Å²) in [4.78, 5) is 28.3. The van der Waals surface area contributed by atoms with Gasteiger partial charge in [0.25, 0.3) is 5.92 Å². The minimum atomic E-state index is -4.85. The van der Waals surface area contributed by atoms with Crippen LogP contribution in [0.1, 0.15) is 26.8 Å². The van der Waals surface area contributed by atoms with Gasteiger partial charge >= 0.3 is 11.7 Å². The van der Waals surface area contributed by atoms with Crippen LogP contribution < -0.4 is 15.6 Å². The molecule has 0 fully saturated rings. The van der Waals surface area contributed by atoms with Gasteiger partial charge in [0, 0.05) is 50.7 Å². The molecule has 0 spiro atoms. The number of halogens is 5. The van der Waals surface area contributed by atoms with E-state index in [1.165, 1.54) is 26.3 Å². The number of carbonyl (C=O) groups excluding carboxylic acids is 1. The van der Waals surface area contributed by atoms with Gasteiger partial charge < -0.3 is 19.4 Å². The molecule has 0 aliphatic heterocycles. The number of aromatic nitrogens is 4. The number of hydrogen-bond donors (Lipinski definition) is 1. The first kappa shape index (κ1) is 27.0. The summed E-state index contributed by atoms with van der Waals surface area (Å²) in [5.74, 6) is -4.29. The molecule has 0 saturated heterocycles. The topological polar surface area (TPSA) is 100 Å². The van der Waals surface area contributed by atoms with E-state index in [9.17, 15) is 31.5 Å². The fourth-order valence-corrected chi connectivity index (χ4v) is 3.34. The number of amides is 1. The summed E-state index contributed by atoms with van der Waals surface area (Å²) in [6.45, 7) is 1.94. The molecule has 1 N–H and O–H groups in total. The van der Waals surface area contributed by atoms with Crippen LogP contribution in [0.3, 0.4) is 0 Å². The van der Waals surface area contributed by atoms with Crippen LogP contribution in [0.15, 0.2) is 29.3 Å². The molecule has 0 bridgehead atoms. The van der Waals surface area contributed by atoms with Crippen molar-refractivity contribution < 1.29 is 36.2 Å². The molecule has 0 saturated carbocycles. The Morgan fingerprint density at radius 1 is 1.22 bits per heavy atom. The molecule has 3 aromatic rings. The van der Waals surface area contributed by atoms with E-state index >= 15 is 0 Å². The molecule has 0 unspecified atom stereocenters. The van der Waals surface area contributed by atoms with Gasteiger partial charge in [0.05, 0.1) is 24.0 Å². The Balaban J connectivity index is 2.27. The van der Waals surface area contributed by atoms with Gasteiger partial charge in [-0.2, -0.15) is 18.3 Å². The first-order valence-electron chi connectivity index (χ1n) is 10.7. The van der Waals surface area contributed by atoms with Gasteiger partial charge in [0.2, 0.25) is 5.91 Å². The van der Waals surface area contributed by atoms with Gasteiger partial charge in [-0.15, -0.1) is 0 Å². The normalized spacial score (nSPS) is 13.1. The third-order valence-electron chi connectivity index (χ3n) is 5.11. The van der Waals surface area contributed by atoms with E-state index in [1.807, 2.05) is 0 Å². The number of anilines is 1. The average Bonchev–Trinajstić information content (AvgIpc) is 3.12. The van der Waals surface area contributed by atoms with Crippen LogP contribution in [0.25, 0.3) is 22.2 Å². The zero-order valence-electron chi connectivity index (χ0n) is 19.8. The lowest BCUT2D eigenvalue weighted by Crippen LogP contribution is -2.35. The molecule has 0 aliphatic carbocycles. The highest BCUT2D eigenvalue weighted by atomic mass is 19.4. The number of rotatable bonds is 9. The predicted molar refractivity (Wildman–Crippen MR) is 120 cm³/mol. The molecule has 1 amide bonds. The van der Waals surface area contributed by atoms with Gasteiger partial charge in [-0.1, -0.05) is 0 Å². The van der Waals surface area contributed by atoms with Gasteiger partial charge in [0.1, 0.15) is 11.9 Å². The third-order valence-corrected chi connectivity index (χ3v) is 5.11. The summed E-state index contributed by atoms with van der Waals surface area (Å²) in [7, 11) is 1.49. The molecule has 9 nitrogen and oxygen atoms in total. The maximum atomic E-state index is 13.5. The van der Waals surface area contributed by atoms with E-state index in [0.29, 0.717) is 24.4 Å². The van der Waals surface area contributed by atoms with Crippen LogP contribution in [-0.4, -0.2) is 57.7 Å². The van der Waals surface area contributed by atoms with E-state index in [4.69, 9.17) is 9.47 Å². The van der Waals surface area contributed by atoms with Crippen LogP contribution in [-0.2, 0) is 16.1 Å². The second kappa shape index (κ2) is 10.2. The fraction of sp³-hybridized carbons (Fsp3) is 0.455. The SMILES string of the molecule is COCCn1cc(-c2cc(OCC(C)(F)F)c(=O)n([C@@H](C)C(F)(F)F)n2)c2cc(NC(C)=O)ncc21. The third kappa shape index (κ3) is 6.17. The van der Waals surface area contributed by atoms with E-state index in [0.717, 1.165) is 13.0 Å². The summed E-state index contributed by atoms with van der Waals surface area (Å²) in [6, 6.07) is 0.134. The molecule has 14 heteroatoms. The number of alkyl halides is 5. The predicted octanol–water partition coefficient (Wildman–Crippen LogP) is 4.02. The van der Waals surface area contributed by atoms with Gasteiger partial charge in [-0.25, -0.2) is 18.4 Å². The Bertz CT molecular complexity index is 1310. The van der Waals surface area contributed by atoms with Crippen molar-refractivity contribution in [2.75, 3.05) is 25.6 Å². The molecule has 0 aliphatic rings. The van der Waals surface area contributed by atoms with E-state index in [1.54, 1.807) is 10.8 Å². The summed E-state index contributed by atoms with van der Waals surface area (Å²) < 4.78 is 79.2. The summed E-state index contributed by atoms with van der Waals surface area (Å²) >= 11 is 0. The van der Waals surface area contributed by atoms with E-state index < -0.39 is 42.0 Å². The van der Waals surface area contributed by atoms with E-state index in [2.05, 4.69) is 15.4 Å². The van der Waals surface area contributed by atoms with Crippen molar-refractivity contribution in [3.63, 3.8) is 0 Å². The first-order valence-corrected chi connectivity index (χ1v) is 10.7. The van der Waals surface area contributed by atoms with Crippen LogP contribution >= 0.6 is 0 Å². The molecule has 0 aromatic carbocycles. The molecule has 196 valence electrons. The molecule has 3 heterocycles. The number of nitrogens with one attached hydrogen (secondary N) is 1. The highest BCUT2D eigenvalue weighted by molar-refractivity contribution is 5.98. The zero-order valence-corrected chi connectivity index (χ0v) is 19.8. The van der Waals surface area contributed by atoms with Crippen molar-refractivity contribution in [3.8, 4) is 17.0 Å². The molecule has 3 aromatic heterocycles. The molecule has 36 heavy (non-hydrogen) atoms. The van der Waals surface area contributed by atoms with Crippen molar-refractivity contribution in [1.29, 1.82) is 0 Å². The second-order valence-electron chi connectivity index (χ2n) is 8.22. The summed E-state index contributed by atoms with van der Waals surface area (Å²) in [6.07, 6.45) is -1.85. The number of methoxy groups -OCH3 is 1. The van der Waals surface area contributed by atoms with Crippen molar-refractivity contribution in [3.05, 3.63) is 34.9 Å². The lowest BCUT2D eigenvalue weighted by atomic mass is 10.1. The van der Waals surface area contributed by atoms with Gasteiger partial charge in [-0.05, 0) is 13.0 Å². The number of nitrogens with zero attached hydrogens (tertiary/aromatic N) is 4. The van der Waals surface area contributed by atoms with Gasteiger partial charge in [0.15, 0.2) is 12.4 Å². The minimum absolute atomic E-state index is 0.138. The van der Waals surface area contributed by atoms with Crippen molar-refractivity contribution in [2.45, 2.75) is 45.5 Å². The molecule has 1 atom stereocenters. The molecular formula is C22H24F5N5O4. The van der Waals surface area contributed by atoms with Gasteiger partial charge in [-0.3, -0.25) is 9.59 Å². The van der Waals surface area contributed by atoms with Crippen LogP contribution in [0.4, 0.5) is 27.8 Å². The lowest BCUT2D eigenvalue weighted by Gasteiger charge is -2.19. The highest BCUT2D eigenvalue weighted by Crippen LogP contribution is 2.34. The number of carbonyl (C=O) groups is 1.